The van der Waals surface area contributed by atoms with Gasteiger partial charge in [-0.25, -0.2) is 0 Å². The van der Waals surface area contributed by atoms with Gasteiger partial charge in [-0.05, 0) is 29.0 Å². The van der Waals surface area contributed by atoms with Crippen LogP contribution in [-0.2, 0) is 35.2 Å². The van der Waals surface area contributed by atoms with E-state index in [2.05, 4.69) is 29.8 Å². The van der Waals surface area contributed by atoms with Crippen LogP contribution < -0.4 is 21.7 Å². The Morgan fingerprint density at radius 2 is 1.07 bits per heavy atom. The maximum atomic E-state index is 13.7. The van der Waals surface area contributed by atoms with Crippen LogP contribution in [0.1, 0.15) is 38.7 Å². The number of carboxylic acids is 3. The molecule has 1 aliphatic heterocycles. The number of aliphatic carboxylic acids is 3. The summed E-state index contributed by atoms with van der Waals surface area (Å²) in [5.74, 6) is -4.15. The quantitative estimate of drug-likeness (QED) is 0.0838. The highest BCUT2D eigenvalue weighted by Gasteiger charge is 2.28. The maximum absolute atomic E-state index is 13.7. The van der Waals surface area contributed by atoms with E-state index in [1.54, 1.807) is 19.6 Å². The van der Waals surface area contributed by atoms with E-state index in [1.807, 2.05) is 54.6 Å². The summed E-state index contributed by atoms with van der Waals surface area (Å²) >= 11 is 0. The van der Waals surface area contributed by atoms with Gasteiger partial charge in [0.05, 0.1) is 26.2 Å². The lowest BCUT2D eigenvalue weighted by Gasteiger charge is -2.33. The zero-order valence-corrected chi connectivity index (χ0v) is 33.8. The number of carbonyl (C=O) groups is 6. The number of carbonyl (C=O) groups excluding carboxylic acids is 3. The number of nitrogens with zero attached hydrogens (tertiary/aromatic N) is 4. The molecule has 8 N–H and O–H groups in total. The number of hydrogen-bond donors (Lipinski definition) is 7. The van der Waals surface area contributed by atoms with Crippen molar-refractivity contribution in [3.8, 4) is 11.1 Å². The van der Waals surface area contributed by atoms with Gasteiger partial charge in [-0.15, -0.1) is 0 Å². The van der Waals surface area contributed by atoms with Gasteiger partial charge in [0.2, 0.25) is 17.7 Å². The van der Waals surface area contributed by atoms with Crippen molar-refractivity contribution in [3.63, 3.8) is 0 Å². The molecule has 0 radical (unpaired) electrons. The van der Waals surface area contributed by atoms with E-state index in [1.165, 1.54) is 0 Å². The predicted molar refractivity (Wildman–Crippen MR) is 219 cm³/mol. The summed E-state index contributed by atoms with van der Waals surface area (Å²) in [5.41, 5.74) is 8.88. The number of benzene rings is 2. The first-order chi connectivity index (χ1) is 27.7. The molecule has 17 heteroatoms. The first kappa shape index (κ1) is 47.4. The molecule has 0 unspecified atom stereocenters. The number of carboxylic acid groups (broad SMARTS) is 3. The Kier molecular flexibility index (Phi) is 20.8. The first-order valence-electron chi connectivity index (χ1n) is 20.0. The molecule has 0 bridgehead atoms. The molecule has 0 spiro atoms. The average Bonchev–Trinajstić information content (AvgIpc) is 3.17. The van der Waals surface area contributed by atoms with Crippen molar-refractivity contribution in [3.05, 3.63) is 60.2 Å². The minimum Gasteiger partial charge on any atom is -0.480 e. The molecular weight excluding hydrogens is 748 g/mol. The lowest BCUT2D eigenvalue weighted by molar-refractivity contribution is -0.140. The van der Waals surface area contributed by atoms with Crippen LogP contribution in [0, 0.1) is 5.92 Å². The van der Waals surface area contributed by atoms with Crippen molar-refractivity contribution >= 4 is 35.6 Å². The Morgan fingerprint density at radius 1 is 0.603 bits per heavy atom. The summed E-state index contributed by atoms with van der Waals surface area (Å²) in [6, 6.07) is 15.5. The van der Waals surface area contributed by atoms with Crippen LogP contribution in [0.3, 0.4) is 0 Å². The molecule has 320 valence electrons. The van der Waals surface area contributed by atoms with Crippen molar-refractivity contribution in [1.82, 2.24) is 35.6 Å². The van der Waals surface area contributed by atoms with E-state index in [4.69, 9.17) is 5.73 Å². The van der Waals surface area contributed by atoms with Gasteiger partial charge in [0.1, 0.15) is 12.1 Å². The molecular formula is C41H62N8O9. The van der Waals surface area contributed by atoms with E-state index >= 15 is 0 Å². The second kappa shape index (κ2) is 25.4. The second-order valence-electron chi connectivity index (χ2n) is 15.2. The average molecular weight is 811 g/mol. The number of hydrogen-bond acceptors (Lipinski definition) is 11. The normalized spacial score (nSPS) is 16.3. The molecule has 1 heterocycles. The van der Waals surface area contributed by atoms with E-state index in [-0.39, 0.29) is 97.4 Å². The summed E-state index contributed by atoms with van der Waals surface area (Å²) in [7, 11) is 0. The zero-order valence-electron chi connectivity index (χ0n) is 33.8. The smallest absolute Gasteiger partial charge is 0.317 e. The molecule has 2 atom stereocenters. The van der Waals surface area contributed by atoms with Gasteiger partial charge >= 0.3 is 17.9 Å². The van der Waals surface area contributed by atoms with Crippen LogP contribution in [0.2, 0.25) is 0 Å². The van der Waals surface area contributed by atoms with Crippen molar-refractivity contribution < 1.29 is 44.1 Å². The van der Waals surface area contributed by atoms with Gasteiger partial charge in [-0.3, -0.25) is 48.4 Å². The van der Waals surface area contributed by atoms with Gasteiger partial charge < -0.3 is 37.0 Å². The third-order valence-electron chi connectivity index (χ3n) is 9.90. The number of unbranched alkanes of at least 4 members (excludes halogenated alkanes) is 1. The molecule has 58 heavy (non-hydrogen) atoms. The van der Waals surface area contributed by atoms with Gasteiger partial charge in [-0.2, -0.15) is 0 Å². The first-order valence-corrected chi connectivity index (χ1v) is 20.0. The highest BCUT2D eigenvalue weighted by molar-refractivity contribution is 5.92. The van der Waals surface area contributed by atoms with E-state index in [9.17, 15) is 44.1 Å². The minimum absolute atomic E-state index is 0.200. The van der Waals surface area contributed by atoms with Crippen molar-refractivity contribution in [2.45, 2.75) is 51.6 Å². The molecule has 2 aromatic carbocycles. The fraction of sp³-hybridized carbons (Fsp3) is 0.561. The van der Waals surface area contributed by atoms with Gasteiger partial charge in [0.15, 0.2) is 0 Å². The fourth-order valence-electron chi connectivity index (χ4n) is 6.65. The SMILES string of the molecule is CC(C)CCCCNC(=O)[C@@H](Cc1ccc(-c2ccccc2)cc1)NC(=O)[C@@H](CN)NC(=O)CN1CCN(CC(=O)O)CCN(CC(=O)O)CCN(CC(=O)O)CC1. The molecule has 0 aliphatic carbocycles. The molecule has 0 aromatic heterocycles. The van der Waals surface area contributed by atoms with Gasteiger partial charge in [0, 0.05) is 71.9 Å². The molecule has 0 saturated carbocycles. The van der Waals surface area contributed by atoms with E-state index in [0.717, 1.165) is 36.0 Å². The summed E-state index contributed by atoms with van der Waals surface area (Å²) < 4.78 is 0. The molecule has 17 nitrogen and oxygen atoms in total. The van der Waals surface area contributed by atoms with Crippen LogP contribution >= 0.6 is 0 Å². The Bertz CT molecular complexity index is 1580. The lowest BCUT2D eigenvalue weighted by atomic mass is 10.00. The number of amides is 3. The Hall–Kier alpha value is -4.94. The van der Waals surface area contributed by atoms with E-state index < -0.39 is 41.8 Å². The largest absolute Gasteiger partial charge is 0.480 e. The van der Waals surface area contributed by atoms with Crippen LogP contribution in [0.4, 0.5) is 0 Å². The summed E-state index contributed by atoms with van der Waals surface area (Å²) in [5, 5.41) is 36.9. The molecule has 3 amide bonds. The number of nitrogens with one attached hydrogen (secondary N) is 3. The Balaban J connectivity index is 1.71. The van der Waals surface area contributed by atoms with Crippen molar-refractivity contribution in [2.75, 3.05) is 91.6 Å². The highest BCUT2D eigenvalue weighted by Crippen LogP contribution is 2.20. The third-order valence-corrected chi connectivity index (χ3v) is 9.90. The standard InChI is InChI=1S/C41H62N8O9/c1-30(2)8-6-7-15-43-40(57)34(24-31-11-13-33(14-12-31)32-9-4-3-5-10-32)45-41(58)35(25-42)44-36(50)26-46-16-18-47(27-37(51)52)20-22-49(29-39(55)56)23-21-48(19-17-46)28-38(53)54/h3-5,9-14,30,34-35H,6-8,15-29,42H2,1-2H3,(H,43,57)(H,44,50)(H,45,58)(H,51,52)(H,53,54)(H,55,56)/t34-,35-/m1/s1. The number of nitrogens with two attached hydrogens (primary N) is 1. The van der Waals surface area contributed by atoms with Gasteiger partial charge in [-0.1, -0.05) is 81.3 Å². The molecule has 1 aliphatic rings. The summed E-state index contributed by atoms with van der Waals surface area (Å²) in [6.07, 6.45) is 2.98. The Morgan fingerprint density at radius 3 is 1.52 bits per heavy atom. The van der Waals surface area contributed by atoms with Crippen molar-refractivity contribution in [1.29, 1.82) is 0 Å². The predicted octanol–water partition coefficient (Wildman–Crippen LogP) is 0.242. The van der Waals surface area contributed by atoms with Crippen LogP contribution in [-0.4, -0.2) is 174 Å². The minimum atomic E-state index is -1.17. The zero-order chi connectivity index (χ0) is 42.5. The molecule has 1 fully saturated rings. The molecule has 1 saturated heterocycles. The monoisotopic (exact) mass is 810 g/mol. The summed E-state index contributed by atoms with van der Waals surface area (Å²) in [6.45, 7) is 5.25. The van der Waals surface area contributed by atoms with Crippen LogP contribution in [0.25, 0.3) is 11.1 Å². The summed E-state index contributed by atoms with van der Waals surface area (Å²) in [4.78, 5) is 82.1. The molecule has 3 rings (SSSR count). The molecule has 2 aromatic rings. The number of rotatable bonds is 21. The maximum Gasteiger partial charge on any atom is 0.317 e. The fourth-order valence-corrected chi connectivity index (χ4v) is 6.65. The van der Waals surface area contributed by atoms with Gasteiger partial charge in [0.25, 0.3) is 0 Å². The van der Waals surface area contributed by atoms with E-state index in [0.29, 0.717) is 12.5 Å². The second-order valence-corrected chi connectivity index (χ2v) is 15.2. The lowest BCUT2D eigenvalue weighted by Crippen LogP contribution is -2.57. The third kappa shape index (κ3) is 18.5. The van der Waals surface area contributed by atoms with Crippen LogP contribution in [0.15, 0.2) is 54.6 Å². The van der Waals surface area contributed by atoms with Crippen LogP contribution in [0.5, 0.6) is 0 Å². The van der Waals surface area contributed by atoms with Crippen molar-refractivity contribution in [2.24, 2.45) is 11.7 Å². The Labute approximate surface area is 340 Å². The topological polar surface area (TPSA) is 238 Å². The highest BCUT2D eigenvalue weighted by atomic mass is 16.4.